The fraction of sp³-hybridized carbons (Fsp3) is 0.714. The highest BCUT2D eigenvalue weighted by Gasteiger charge is 1.75. The molecular formula is C7H15N3S. The predicted octanol–water partition coefficient (Wildman–Crippen LogP) is 1.95. The van der Waals surface area contributed by atoms with Gasteiger partial charge in [0.25, 0.3) is 0 Å². The molecule has 1 aromatic rings. The molecule has 64 valence electrons. The number of hydrogen-bond acceptors (Lipinski definition) is 3. The van der Waals surface area contributed by atoms with Gasteiger partial charge in [-0.3, -0.25) is 5.10 Å². The number of aromatic amines is 1. The van der Waals surface area contributed by atoms with Crippen LogP contribution in [0.4, 0.5) is 0 Å². The number of nitrogens with zero attached hydrogens (tertiary/aromatic N) is 2. The van der Waals surface area contributed by atoms with Gasteiger partial charge in [-0.25, -0.2) is 4.98 Å². The van der Waals surface area contributed by atoms with Crippen molar-refractivity contribution in [1.82, 2.24) is 15.2 Å². The van der Waals surface area contributed by atoms with E-state index >= 15 is 0 Å². The standard InChI is InChI=1S/C5H12S.C2H3N3/c1-3-4-5-6-2;1-3-2-5-4-1/h3-5H2,1-2H3;1-2H,(H,3,4,5). The average Bonchev–Trinajstić information content (AvgIpc) is 2.57. The monoisotopic (exact) mass is 173 g/mol. The van der Waals surface area contributed by atoms with Gasteiger partial charge in [-0.05, 0) is 18.4 Å². The van der Waals surface area contributed by atoms with Crippen molar-refractivity contribution in [2.24, 2.45) is 0 Å². The van der Waals surface area contributed by atoms with Gasteiger partial charge in [-0.1, -0.05) is 13.3 Å². The fourth-order valence-corrected chi connectivity index (χ4v) is 1.03. The molecule has 0 aromatic carbocycles. The molecule has 4 heteroatoms. The van der Waals surface area contributed by atoms with Crippen LogP contribution in [-0.2, 0) is 0 Å². The van der Waals surface area contributed by atoms with Gasteiger partial charge in [0, 0.05) is 0 Å². The minimum absolute atomic E-state index is 1.33. The van der Waals surface area contributed by atoms with Gasteiger partial charge in [0.1, 0.15) is 12.7 Å². The third-order valence-corrected chi connectivity index (χ3v) is 1.73. The summed E-state index contributed by atoms with van der Waals surface area (Å²) in [6, 6.07) is 0. The molecule has 1 aromatic heterocycles. The molecule has 0 spiro atoms. The number of unbranched alkanes of at least 4 members (excludes halogenated alkanes) is 1. The first-order chi connectivity index (χ1) is 5.41. The summed E-state index contributed by atoms with van der Waals surface area (Å²) < 4.78 is 0. The minimum atomic E-state index is 1.33. The van der Waals surface area contributed by atoms with E-state index < -0.39 is 0 Å². The van der Waals surface area contributed by atoms with Crippen LogP contribution in [0.1, 0.15) is 19.8 Å². The van der Waals surface area contributed by atoms with E-state index in [2.05, 4.69) is 28.4 Å². The maximum Gasteiger partial charge on any atom is 0.137 e. The van der Waals surface area contributed by atoms with Crippen LogP contribution in [0, 0.1) is 0 Å². The first kappa shape index (κ1) is 10.5. The zero-order valence-corrected chi connectivity index (χ0v) is 7.90. The van der Waals surface area contributed by atoms with E-state index in [1.165, 1.54) is 31.2 Å². The molecule has 0 bridgehead atoms. The second kappa shape index (κ2) is 9.49. The molecule has 0 aliphatic carbocycles. The number of aromatic nitrogens is 3. The lowest BCUT2D eigenvalue weighted by Gasteiger charge is -1.86. The second-order valence-corrected chi connectivity index (χ2v) is 2.98. The van der Waals surface area contributed by atoms with Crippen LogP contribution in [0.2, 0.25) is 0 Å². The first-order valence-electron chi connectivity index (χ1n) is 3.69. The quantitative estimate of drug-likeness (QED) is 0.710. The maximum atomic E-state index is 3.56. The molecule has 3 nitrogen and oxygen atoms in total. The lowest BCUT2D eigenvalue weighted by molar-refractivity contribution is 0.897. The van der Waals surface area contributed by atoms with Crippen LogP contribution in [0.3, 0.4) is 0 Å². The lowest BCUT2D eigenvalue weighted by atomic mass is 10.4. The van der Waals surface area contributed by atoms with Gasteiger partial charge < -0.3 is 0 Å². The Balaban J connectivity index is 0.000000183. The summed E-state index contributed by atoms with van der Waals surface area (Å²) in [4.78, 5) is 3.56. The van der Waals surface area contributed by atoms with E-state index in [4.69, 9.17) is 0 Å². The Morgan fingerprint density at radius 2 is 2.36 bits per heavy atom. The molecule has 1 rings (SSSR count). The number of thioether (sulfide) groups is 1. The van der Waals surface area contributed by atoms with Crippen molar-refractivity contribution in [3.63, 3.8) is 0 Å². The van der Waals surface area contributed by atoms with Crippen molar-refractivity contribution in [2.45, 2.75) is 19.8 Å². The van der Waals surface area contributed by atoms with Crippen molar-refractivity contribution in [2.75, 3.05) is 12.0 Å². The highest BCUT2D eigenvalue weighted by molar-refractivity contribution is 7.98. The largest absolute Gasteiger partial charge is 0.266 e. The van der Waals surface area contributed by atoms with Crippen LogP contribution in [-0.4, -0.2) is 27.2 Å². The van der Waals surface area contributed by atoms with Crippen molar-refractivity contribution in [3.8, 4) is 0 Å². The third-order valence-electron chi connectivity index (χ3n) is 1.03. The summed E-state index contributed by atoms with van der Waals surface area (Å²) in [6.45, 7) is 2.22. The van der Waals surface area contributed by atoms with Crippen molar-refractivity contribution >= 4 is 11.8 Å². The van der Waals surface area contributed by atoms with E-state index in [9.17, 15) is 0 Å². The Morgan fingerprint density at radius 3 is 2.55 bits per heavy atom. The Labute approximate surface area is 72.0 Å². The highest BCUT2D eigenvalue weighted by Crippen LogP contribution is 1.96. The van der Waals surface area contributed by atoms with E-state index in [0.29, 0.717) is 0 Å². The number of nitrogens with one attached hydrogen (secondary N) is 1. The zero-order chi connectivity index (χ0) is 8.36. The molecule has 0 aliphatic rings. The van der Waals surface area contributed by atoms with Crippen molar-refractivity contribution in [1.29, 1.82) is 0 Å². The maximum absolute atomic E-state index is 3.56. The third kappa shape index (κ3) is 9.49. The number of hydrogen-bond donors (Lipinski definition) is 1. The molecule has 0 saturated heterocycles. The molecule has 0 unspecified atom stereocenters. The summed E-state index contributed by atoms with van der Waals surface area (Å²) in [6.07, 6.45) is 7.82. The van der Waals surface area contributed by atoms with Crippen LogP contribution in [0.25, 0.3) is 0 Å². The van der Waals surface area contributed by atoms with Crippen molar-refractivity contribution < 1.29 is 0 Å². The molecular weight excluding hydrogens is 158 g/mol. The summed E-state index contributed by atoms with van der Waals surface area (Å²) in [5, 5.41) is 5.99. The minimum Gasteiger partial charge on any atom is -0.266 e. The molecule has 0 fully saturated rings. The molecule has 1 heterocycles. The highest BCUT2D eigenvalue weighted by atomic mass is 32.2. The molecule has 0 radical (unpaired) electrons. The Bertz CT molecular complexity index is 109. The molecule has 11 heavy (non-hydrogen) atoms. The van der Waals surface area contributed by atoms with Crippen LogP contribution in [0.15, 0.2) is 12.7 Å². The normalized spacial score (nSPS) is 8.55. The fourth-order valence-electron chi connectivity index (χ4n) is 0.455. The summed E-state index contributed by atoms with van der Waals surface area (Å²) in [5.74, 6) is 1.33. The van der Waals surface area contributed by atoms with Gasteiger partial charge in [-0.15, -0.1) is 0 Å². The van der Waals surface area contributed by atoms with Crippen LogP contribution in [0.5, 0.6) is 0 Å². The number of rotatable bonds is 3. The Morgan fingerprint density at radius 1 is 1.55 bits per heavy atom. The molecule has 1 N–H and O–H groups in total. The number of H-pyrrole nitrogens is 1. The van der Waals surface area contributed by atoms with Crippen molar-refractivity contribution in [3.05, 3.63) is 12.7 Å². The molecule has 0 amide bonds. The summed E-state index contributed by atoms with van der Waals surface area (Å²) >= 11 is 1.93. The van der Waals surface area contributed by atoms with E-state index in [-0.39, 0.29) is 0 Å². The average molecular weight is 173 g/mol. The Kier molecular flexibility index (Phi) is 9.05. The zero-order valence-electron chi connectivity index (χ0n) is 7.08. The summed E-state index contributed by atoms with van der Waals surface area (Å²) in [5.41, 5.74) is 0. The van der Waals surface area contributed by atoms with Gasteiger partial charge in [-0.2, -0.15) is 16.9 Å². The predicted molar refractivity (Wildman–Crippen MR) is 49.7 cm³/mol. The molecule has 0 aliphatic heterocycles. The molecule has 0 atom stereocenters. The first-order valence-corrected chi connectivity index (χ1v) is 5.08. The van der Waals surface area contributed by atoms with Gasteiger partial charge in [0.05, 0.1) is 0 Å². The molecule has 0 saturated carbocycles. The SMILES string of the molecule is CCCCSC.c1nc[nH]n1. The second-order valence-electron chi connectivity index (χ2n) is 2.00. The van der Waals surface area contributed by atoms with E-state index in [1.807, 2.05) is 11.8 Å². The smallest absolute Gasteiger partial charge is 0.137 e. The topological polar surface area (TPSA) is 41.6 Å². The Hall–Kier alpha value is -0.510. The van der Waals surface area contributed by atoms with Gasteiger partial charge in [0.15, 0.2) is 0 Å². The van der Waals surface area contributed by atoms with Gasteiger partial charge >= 0.3 is 0 Å². The van der Waals surface area contributed by atoms with Gasteiger partial charge in [0.2, 0.25) is 0 Å². The van der Waals surface area contributed by atoms with Crippen LogP contribution < -0.4 is 0 Å². The van der Waals surface area contributed by atoms with E-state index in [0.717, 1.165) is 0 Å². The summed E-state index contributed by atoms with van der Waals surface area (Å²) in [7, 11) is 0. The lowest BCUT2D eigenvalue weighted by Crippen LogP contribution is -1.71. The van der Waals surface area contributed by atoms with Crippen LogP contribution >= 0.6 is 11.8 Å². The van der Waals surface area contributed by atoms with E-state index in [1.54, 1.807) is 0 Å².